The maximum atomic E-state index is 13.4. The minimum Gasteiger partial charge on any atom is -0.478 e. The molecule has 0 heterocycles. The molecule has 2 aromatic rings. The van der Waals surface area contributed by atoms with E-state index in [9.17, 15) is 14.7 Å². The molecule has 0 bridgehead atoms. The van der Waals surface area contributed by atoms with Gasteiger partial charge in [-0.2, -0.15) is 0 Å². The average Bonchev–Trinajstić information content (AvgIpc) is 2.83. The molecule has 0 amide bonds. The standard InChI is InChI=1S/C29H41NO4/c1-4-6-7-8-12-20-29(30,26(31)19-18-23-14-10-9-11-15-23)22-24-16-13-17-25(21-24)34-28(3,5-2)27(32)33/h9-11,13-17,21H,4-8,12,18-20,22,30H2,1-3H3,(H,32,33). The Morgan fingerprint density at radius 2 is 1.62 bits per heavy atom. The number of hydrogen-bond donors (Lipinski definition) is 2. The van der Waals surface area contributed by atoms with Crippen LogP contribution in [0.4, 0.5) is 0 Å². The van der Waals surface area contributed by atoms with Gasteiger partial charge in [0.1, 0.15) is 5.75 Å². The second kappa shape index (κ2) is 13.3. The van der Waals surface area contributed by atoms with Crippen LogP contribution in [0.15, 0.2) is 54.6 Å². The molecule has 186 valence electrons. The number of aryl methyl sites for hydroxylation is 1. The van der Waals surface area contributed by atoms with Crippen LogP contribution in [0.5, 0.6) is 5.75 Å². The highest BCUT2D eigenvalue weighted by atomic mass is 16.5. The third-order valence-corrected chi connectivity index (χ3v) is 6.65. The van der Waals surface area contributed by atoms with E-state index >= 15 is 0 Å². The summed E-state index contributed by atoms with van der Waals surface area (Å²) in [4.78, 5) is 25.0. The lowest BCUT2D eigenvalue weighted by Crippen LogP contribution is -2.50. The number of carboxylic acid groups (broad SMARTS) is 1. The van der Waals surface area contributed by atoms with E-state index in [0.29, 0.717) is 37.9 Å². The number of ether oxygens (including phenoxy) is 1. The fourth-order valence-corrected chi connectivity index (χ4v) is 4.13. The van der Waals surface area contributed by atoms with Gasteiger partial charge in [-0.05, 0) is 55.9 Å². The van der Waals surface area contributed by atoms with E-state index in [0.717, 1.165) is 30.4 Å². The maximum absolute atomic E-state index is 13.4. The van der Waals surface area contributed by atoms with E-state index in [1.807, 2.05) is 48.5 Å². The first-order chi connectivity index (χ1) is 16.2. The number of ketones is 1. The number of hydrogen-bond acceptors (Lipinski definition) is 4. The zero-order chi connectivity index (χ0) is 25.0. The van der Waals surface area contributed by atoms with Gasteiger partial charge < -0.3 is 15.6 Å². The van der Waals surface area contributed by atoms with Gasteiger partial charge in [-0.3, -0.25) is 4.79 Å². The quantitative estimate of drug-likeness (QED) is 0.290. The van der Waals surface area contributed by atoms with E-state index in [1.165, 1.54) is 12.8 Å². The van der Waals surface area contributed by atoms with Crippen molar-refractivity contribution < 1.29 is 19.4 Å². The fraction of sp³-hybridized carbons (Fsp3) is 0.517. The lowest BCUT2D eigenvalue weighted by atomic mass is 9.80. The molecule has 0 aliphatic carbocycles. The topological polar surface area (TPSA) is 89.6 Å². The van der Waals surface area contributed by atoms with Crippen molar-refractivity contribution in [1.82, 2.24) is 0 Å². The summed E-state index contributed by atoms with van der Waals surface area (Å²) in [7, 11) is 0. The van der Waals surface area contributed by atoms with Gasteiger partial charge in [-0.1, -0.05) is 88.4 Å². The molecule has 2 unspecified atom stereocenters. The van der Waals surface area contributed by atoms with Gasteiger partial charge in [-0.25, -0.2) is 4.79 Å². The minimum atomic E-state index is -1.30. The Morgan fingerprint density at radius 3 is 2.26 bits per heavy atom. The normalized spacial score (nSPS) is 14.7. The van der Waals surface area contributed by atoms with Crippen molar-refractivity contribution in [2.24, 2.45) is 5.73 Å². The van der Waals surface area contributed by atoms with Crippen LogP contribution in [0, 0.1) is 0 Å². The van der Waals surface area contributed by atoms with Crippen LogP contribution in [-0.2, 0) is 22.4 Å². The third kappa shape index (κ3) is 8.28. The Balaban J connectivity index is 2.16. The Hall–Kier alpha value is -2.66. The smallest absolute Gasteiger partial charge is 0.347 e. The molecule has 0 aliphatic heterocycles. The van der Waals surface area contributed by atoms with Crippen molar-refractivity contribution in [2.45, 2.75) is 96.1 Å². The van der Waals surface area contributed by atoms with Gasteiger partial charge in [0.05, 0.1) is 5.54 Å². The molecule has 5 heteroatoms. The Morgan fingerprint density at radius 1 is 0.941 bits per heavy atom. The summed E-state index contributed by atoms with van der Waals surface area (Å²) in [6.45, 7) is 5.54. The van der Waals surface area contributed by atoms with Crippen LogP contribution in [0.2, 0.25) is 0 Å². The van der Waals surface area contributed by atoms with Gasteiger partial charge in [0.2, 0.25) is 5.60 Å². The predicted octanol–water partition coefficient (Wildman–Crippen LogP) is 6.12. The van der Waals surface area contributed by atoms with Crippen LogP contribution >= 0.6 is 0 Å². The molecule has 0 spiro atoms. The van der Waals surface area contributed by atoms with Gasteiger partial charge >= 0.3 is 5.97 Å². The molecule has 0 aliphatic rings. The minimum absolute atomic E-state index is 0.0714. The van der Waals surface area contributed by atoms with E-state index in [1.54, 1.807) is 19.9 Å². The SMILES string of the molecule is CCCCCCCC(N)(Cc1cccc(OC(C)(CC)C(=O)O)c1)C(=O)CCc1ccccc1. The summed E-state index contributed by atoms with van der Waals surface area (Å²) in [5, 5.41) is 9.54. The fourth-order valence-electron chi connectivity index (χ4n) is 4.13. The van der Waals surface area contributed by atoms with Gasteiger partial charge in [0.15, 0.2) is 5.78 Å². The number of aliphatic carboxylic acids is 1. The van der Waals surface area contributed by atoms with E-state index in [2.05, 4.69) is 6.92 Å². The number of benzene rings is 2. The highest BCUT2D eigenvalue weighted by Crippen LogP contribution is 2.27. The number of nitrogens with two attached hydrogens (primary N) is 1. The molecule has 0 radical (unpaired) electrons. The molecule has 0 saturated carbocycles. The van der Waals surface area contributed by atoms with E-state index in [-0.39, 0.29) is 5.78 Å². The van der Waals surface area contributed by atoms with Crippen LogP contribution < -0.4 is 10.5 Å². The summed E-state index contributed by atoms with van der Waals surface area (Å²) in [6, 6.07) is 17.3. The van der Waals surface area contributed by atoms with Crippen LogP contribution in [-0.4, -0.2) is 28.0 Å². The van der Waals surface area contributed by atoms with Crippen LogP contribution in [0.1, 0.15) is 83.3 Å². The number of carbonyl (C=O) groups excluding carboxylic acids is 1. The summed E-state index contributed by atoms with van der Waals surface area (Å²) in [6.07, 6.45) is 7.94. The van der Waals surface area contributed by atoms with Crippen molar-refractivity contribution in [3.05, 3.63) is 65.7 Å². The van der Waals surface area contributed by atoms with E-state index in [4.69, 9.17) is 10.5 Å². The maximum Gasteiger partial charge on any atom is 0.347 e. The molecule has 0 fully saturated rings. The molecule has 2 atom stereocenters. The lowest BCUT2D eigenvalue weighted by molar-refractivity contribution is -0.154. The largest absolute Gasteiger partial charge is 0.478 e. The number of rotatable bonds is 16. The number of carbonyl (C=O) groups is 2. The first-order valence-corrected chi connectivity index (χ1v) is 12.6. The molecular weight excluding hydrogens is 426 g/mol. The molecule has 5 nitrogen and oxygen atoms in total. The first kappa shape index (κ1) is 27.6. The van der Waals surface area contributed by atoms with Gasteiger partial charge in [-0.15, -0.1) is 0 Å². The number of Topliss-reactive ketones (excluding diaryl/α,β-unsaturated/α-hetero) is 1. The van der Waals surface area contributed by atoms with Crippen molar-refractivity contribution in [3.63, 3.8) is 0 Å². The number of carboxylic acids is 1. The summed E-state index contributed by atoms with van der Waals surface area (Å²) >= 11 is 0. The Labute approximate surface area is 204 Å². The van der Waals surface area contributed by atoms with E-state index < -0.39 is 17.1 Å². The average molecular weight is 468 g/mol. The molecule has 0 aromatic heterocycles. The zero-order valence-corrected chi connectivity index (χ0v) is 21.0. The van der Waals surface area contributed by atoms with Crippen LogP contribution in [0.25, 0.3) is 0 Å². The molecule has 0 saturated heterocycles. The molecule has 34 heavy (non-hydrogen) atoms. The van der Waals surface area contributed by atoms with Gasteiger partial charge in [0, 0.05) is 6.42 Å². The molecule has 3 N–H and O–H groups in total. The third-order valence-electron chi connectivity index (χ3n) is 6.65. The highest BCUT2D eigenvalue weighted by molar-refractivity contribution is 5.88. The van der Waals surface area contributed by atoms with Crippen molar-refractivity contribution in [1.29, 1.82) is 0 Å². The summed E-state index contributed by atoms with van der Waals surface area (Å²) in [5.74, 6) is -0.454. The monoisotopic (exact) mass is 467 g/mol. The van der Waals surface area contributed by atoms with Crippen LogP contribution in [0.3, 0.4) is 0 Å². The predicted molar refractivity (Wildman–Crippen MR) is 137 cm³/mol. The number of unbranched alkanes of at least 4 members (excludes halogenated alkanes) is 4. The van der Waals surface area contributed by atoms with Gasteiger partial charge in [0.25, 0.3) is 0 Å². The Bertz CT molecular complexity index is 913. The first-order valence-electron chi connectivity index (χ1n) is 12.6. The second-order valence-corrected chi connectivity index (χ2v) is 9.54. The Kier molecular flexibility index (Phi) is 10.8. The van der Waals surface area contributed by atoms with Crippen molar-refractivity contribution in [2.75, 3.05) is 0 Å². The second-order valence-electron chi connectivity index (χ2n) is 9.54. The van der Waals surface area contributed by atoms with Crippen molar-refractivity contribution in [3.8, 4) is 5.75 Å². The zero-order valence-electron chi connectivity index (χ0n) is 21.0. The molecular formula is C29H41NO4. The summed E-state index contributed by atoms with van der Waals surface area (Å²) in [5.41, 5.74) is 6.57. The lowest BCUT2D eigenvalue weighted by Gasteiger charge is -2.29. The van der Waals surface area contributed by atoms with Crippen molar-refractivity contribution >= 4 is 11.8 Å². The summed E-state index contributed by atoms with van der Waals surface area (Å²) < 4.78 is 5.83. The molecule has 2 rings (SSSR count). The highest BCUT2D eigenvalue weighted by Gasteiger charge is 2.35. The molecule has 2 aromatic carbocycles.